The summed E-state index contributed by atoms with van der Waals surface area (Å²) in [4.78, 5) is 4.92. The van der Waals surface area contributed by atoms with Crippen LogP contribution in [0.2, 0.25) is 0 Å². The standard InChI is InChI=1S/C27H40N4O2S/c1-27(2,3)34(32,33)29-24-11-9-22(10-12-24)21-28-23-13-15-26(16-14-23)31-19-17-30(18-20-31)25-7-5-4-6-8-25/h4-8,13-16,22,24,28-29H,9-12,17-21H2,1-3H3. The summed E-state index contributed by atoms with van der Waals surface area (Å²) in [6, 6.07) is 19.5. The van der Waals surface area contributed by atoms with Crippen molar-refractivity contribution >= 4 is 27.1 Å². The summed E-state index contributed by atoms with van der Waals surface area (Å²) in [7, 11) is -3.27. The Morgan fingerprint density at radius 1 is 0.794 bits per heavy atom. The molecule has 6 nitrogen and oxygen atoms in total. The highest BCUT2D eigenvalue weighted by molar-refractivity contribution is 7.90. The van der Waals surface area contributed by atoms with Gasteiger partial charge in [-0.15, -0.1) is 0 Å². The van der Waals surface area contributed by atoms with Crippen LogP contribution in [0.5, 0.6) is 0 Å². The van der Waals surface area contributed by atoms with Gasteiger partial charge in [0.05, 0.1) is 4.75 Å². The molecule has 2 aromatic rings. The number of hydrogen-bond acceptors (Lipinski definition) is 5. The number of nitrogens with one attached hydrogen (secondary N) is 2. The van der Waals surface area contributed by atoms with Gasteiger partial charge in [0.1, 0.15) is 0 Å². The van der Waals surface area contributed by atoms with Crippen LogP contribution in [0.1, 0.15) is 46.5 Å². The Morgan fingerprint density at radius 2 is 1.32 bits per heavy atom. The van der Waals surface area contributed by atoms with E-state index in [0.717, 1.165) is 64.1 Å². The van der Waals surface area contributed by atoms with Crippen LogP contribution in [0.4, 0.5) is 17.1 Å². The van der Waals surface area contributed by atoms with Gasteiger partial charge in [0, 0.05) is 55.8 Å². The molecule has 0 radical (unpaired) electrons. The minimum Gasteiger partial charge on any atom is -0.385 e. The van der Waals surface area contributed by atoms with Gasteiger partial charge in [-0.3, -0.25) is 0 Å². The van der Waals surface area contributed by atoms with Gasteiger partial charge < -0.3 is 15.1 Å². The molecule has 1 saturated carbocycles. The molecule has 0 unspecified atom stereocenters. The molecule has 34 heavy (non-hydrogen) atoms. The third-order valence-corrected chi connectivity index (χ3v) is 9.46. The van der Waals surface area contributed by atoms with E-state index in [1.165, 1.54) is 11.4 Å². The predicted molar refractivity (Wildman–Crippen MR) is 143 cm³/mol. The zero-order valence-electron chi connectivity index (χ0n) is 20.8. The maximum atomic E-state index is 12.4. The molecule has 2 aliphatic rings. The average Bonchev–Trinajstić information content (AvgIpc) is 2.84. The molecule has 1 saturated heterocycles. The van der Waals surface area contributed by atoms with Gasteiger partial charge in [0.25, 0.3) is 0 Å². The lowest BCUT2D eigenvalue weighted by molar-refractivity contribution is 0.322. The quantitative estimate of drug-likeness (QED) is 0.596. The maximum absolute atomic E-state index is 12.4. The molecule has 2 aromatic carbocycles. The average molecular weight is 485 g/mol. The number of benzene rings is 2. The van der Waals surface area contributed by atoms with Crippen molar-refractivity contribution in [2.24, 2.45) is 5.92 Å². The van der Waals surface area contributed by atoms with E-state index in [9.17, 15) is 8.42 Å². The van der Waals surface area contributed by atoms with E-state index in [0.29, 0.717) is 5.92 Å². The van der Waals surface area contributed by atoms with Gasteiger partial charge in [-0.05, 0) is 88.8 Å². The molecule has 7 heteroatoms. The second kappa shape index (κ2) is 10.6. The SMILES string of the molecule is CC(C)(C)S(=O)(=O)NC1CCC(CNc2ccc(N3CCN(c4ccccc4)CC3)cc2)CC1. The van der Waals surface area contributed by atoms with Crippen molar-refractivity contribution in [3.8, 4) is 0 Å². The van der Waals surface area contributed by atoms with Crippen molar-refractivity contribution in [2.75, 3.05) is 47.8 Å². The van der Waals surface area contributed by atoms with Gasteiger partial charge >= 0.3 is 0 Å². The molecular formula is C27H40N4O2S. The molecule has 4 rings (SSSR count). The lowest BCUT2D eigenvalue weighted by Crippen LogP contribution is -2.46. The van der Waals surface area contributed by atoms with Crippen LogP contribution in [0.15, 0.2) is 54.6 Å². The van der Waals surface area contributed by atoms with Crippen LogP contribution in [-0.2, 0) is 10.0 Å². The van der Waals surface area contributed by atoms with E-state index in [4.69, 9.17) is 0 Å². The Labute approximate surface area is 205 Å². The zero-order valence-corrected chi connectivity index (χ0v) is 21.7. The first kappa shape index (κ1) is 24.9. The summed E-state index contributed by atoms with van der Waals surface area (Å²) in [6.45, 7) is 10.3. The second-order valence-corrected chi connectivity index (χ2v) is 13.2. The van der Waals surface area contributed by atoms with E-state index >= 15 is 0 Å². The van der Waals surface area contributed by atoms with Crippen LogP contribution in [0.3, 0.4) is 0 Å². The fourth-order valence-electron chi connectivity index (χ4n) is 4.79. The number of nitrogens with zero attached hydrogens (tertiary/aromatic N) is 2. The molecule has 2 fully saturated rings. The fraction of sp³-hybridized carbons (Fsp3) is 0.556. The monoisotopic (exact) mass is 484 g/mol. The highest BCUT2D eigenvalue weighted by Gasteiger charge is 2.32. The third-order valence-electron chi connectivity index (χ3n) is 7.20. The Morgan fingerprint density at radius 3 is 1.85 bits per heavy atom. The van der Waals surface area contributed by atoms with Crippen molar-refractivity contribution in [3.63, 3.8) is 0 Å². The largest absolute Gasteiger partial charge is 0.385 e. The Hall–Kier alpha value is -2.25. The van der Waals surface area contributed by atoms with Crippen molar-refractivity contribution in [1.82, 2.24) is 4.72 Å². The second-order valence-electron chi connectivity index (χ2n) is 10.7. The van der Waals surface area contributed by atoms with Crippen molar-refractivity contribution in [2.45, 2.75) is 57.2 Å². The first-order chi connectivity index (χ1) is 16.2. The molecule has 0 bridgehead atoms. The molecule has 1 heterocycles. The lowest BCUT2D eigenvalue weighted by atomic mass is 9.86. The molecule has 1 aliphatic heterocycles. The van der Waals surface area contributed by atoms with E-state index < -0.39 is 14.8 Å². The van der Waals surface area contributed by atoms with E-state index in [1.807, 2.05) is 0 Å². The third kappa shape index (κ3) is 6.25. The lowest BCUT2D eigenvalue weighted by Gasteiger charge is -2.37. The number of para-hydroxylation sites is 1. The van der Waals surface area contributed by atoms with Gasteiger partial charge in [0.15, 0.2) is 0 Å². The topological polar surface area (TPSA) is 64.7 Å². The maximum Gasteiger partial charge on any atom is 0.216 e. The molecule has 1 aliphatic carbocycles. The summed E-state index contributed by atoms with van der Waals surface area (Å²) in [5, 5.41) is 3.60. The molecule has 0 aromatic heterocycles. The molecule has 186 valence electrons. The minimum atomic E-state index is -3.27. The highest BCUT2D eigenvalue weighted by atomic mass is 32.2. The van der Waals surface area contributed by atoms with Gasteiger partial charge in [0.2, 0.25) is 10.0 Å². The van der Waals surface area contributed by atoms with Crippen molar-refractivity contribution in [3.05, 3.63) is 54.6 Å². The number of anilines is 3. The smallest absolute Gasteiger partial charge is 0.216 e. The Balaban J connectivity index is 1.19. The number of piperazine rings is 1. The molecule has 0 amide bonds. The van der Waals surface area contributed by atoms with Crippen LogP contribution >= 0.6 is 0 Å². The van der Waals surface area contributed by atoms with E-state index in [-0.39, 0.29) is 6.04 Å². The predicted octanol–water partition coefficient (Wildman–Crippen LogP) is 4.70. The molecular weight excluding hydrogens is 444 g/mol. The summed E-state index contributed by atoms with van der Waals surface area (Å²) in [5.74, 6) is 0.584. The van der Waals surface area contributed by atoms with Crippen LogP contribution in [-0.4, -0.2) is 51.9 Å². The Bertz CT molecular complexity index is 1000. The van der Waals surface area contributed by atoms with Crippen molar-refractivity contribution < 1.29 is 8.42 Å². The van der Waals surface area contributed by atoms with Crippen LogP contribution in [0, 0.1) is 5.92 Å². The van der Waals surface area contributed by atoms with Crippen LogP contribution < -0.4 is 19.8 Å². The highest BCUT2D eigenvalue weighted by Crippen LogP contribution is 2.27. The van der Waals surface area contributed by atoms with Gasteiger partial charge in [-0.25, -0.2) is 13.1 Å². The van der Waals surface area contributed by atoms with Gasteiger partial charge in [-0.1, -0.05) is 18.2 Å². The Kier molecular flexibility index (Phi) is 7.73. The van der Waals surface area contributed by atoms with Crippen molar-refractivity contribution in [1.29, 1.82) is 0 Å². The first-order valence-corrected chi connectivity index (χ1v) is 14.1. The number of sulfonamides is 1. The zero-order chi connectivity index (χ0) is 24.2. The molecule has 0 atom stereocenters. The normalized spacial score (nSPS) is 22.0. The van der Waals surface area contributed by atoms with E-state index in [1.54, 1.807) is 20.8 Å². The summed E-state index contributed by atoms with van der Waals surface area (Å²) >= 11 is 0. The number of hydrogen-bond donors (Lipinski definition) is 2. The summed E-state index contributed by atoms with van der Waals surface area (Å²) in [5.41, 5.74) is 3.74. The summed E-state index contributed by atoms with van der Waals surface area (Å²) in [6.07, 6.45) is 3.92. The number of rotatable bonds is 7. The molecule has 0 spiro atoms. The first-order valence-electron chi connectivity index (χ1n) is 12.6. The van der Waals surface area contributed by atoms with E-state index in [2.05, 4.69) is 74.4 Å². The van der Waals surface area contributed by atoms with Gasteiger partial charge in [-0.2, -0.15) is 0 Å². The van der Waals surface area contributed by atoms with Crippen LogP contribution in [0.25, 0.3) is 0 Å². The fourth-order valence-corrected chi connectivity index (χ4v) is 5.82. The minimum absolute atomic E-state index is 0.0714. The summed E-state index contributed by atoms with van der Waals surface area (Å²) < 4.78 is 27.0. The molecule has 2 N–H and O–H groups in total.